The first-order valence-electron chi connectivity index (χ1n) is 10.6. The van der Waals surface area contributed by atoms with Crippen LogP contribution >= 0.6 is 0 Å². The lowest BCUT2D eigenvalue weighted by atomic mass is 10.0. The third-order valence-electron chi connectivity index (χ3n) is 4.64. The Morgan fingerprint density at radius 1 is 0.909 bits per heavy atom. The molecule has 0 bridgehead atoms. The van der Waals surface area contributed by atoms with Crippen LogP contribution in [0.15, 0.2) is 72.8 Å². The number of rotatable bonds is 10. The van der Waals surface area contributed by atoms with Crippen molar-refractivity contribution in [2.24, 2.45) is 0 Å². The highest BCUT2D eigenvalue weighted by atomic mass is 16.6. The second-order valence-corrected chi connectivity index (χ2v) is 7.31. The van der Waals surface area contributed by atoms with Crippen molar-refractivity contribution in [3.63, 3.8) is 0 Å². The average molecular weight is 450 g/mol. The van der Waals surface area contributed by atoms with Gasteiger partial charge in [0.1, 0.15) is 37.1 Å². The van der Waals surface area contributed by atoms with E-state index in [-0.39, 0.29) is 13.2 Å². The number of aryl methyl sites for hydroxylation is 1. The topological polar surface area (TPSA) is 83.1 Å². The normalized spacial score (nSPS) is 10.4. The molecule has 3 aromatic carbocycles. The van der Waals surface area contributed by atoms with Crippen LogP contribution in [0.5, 0.6) is 17.2 Å². The van der Waals surface area contributed by atoms with Gasteiger partial charge in [0.05, 0.1) is 6.54 Å². The van der Waals surface area contributed by atoms with E-state index in [1.807, 2.05) is 67.6 Å². The van der Waals surface area contributed by atoms with E-state index in [9.17, 15) is 9.59 Å². The van der Waals surface area contributed by atoms with Gasteiger partial charge in [-0.05, 0) is 37.6 Å². The summed E-state index contributed by atoms with van der Waals surface area (Å²) in [6.07, 6.45) is -0.639. The van der Waals surface area contributed by atoms with Gasteiger partial charge in [-0.15, -0.1) is 0 Å². The lowest BCUT2D eigenvalue weighted by Crippen LogP contribution is -2.31. The number of carbonyl (C=O) groups excluding carboxylic acids is 2. The molecule has 1 N–H and O–H groups in total. The van der Waals surface area contributed by atoms with E-state index in [4.69, 9.17) is 18.9 Å². The summed E-state index contributed by atoms with van der Waals surface area (Å²) in [6, 6.07) is 18.9. The van der Waals surface area contributed by atoms with Crippen LogP contribution in [0.3, 0.4) is 0 Å². The van der Waals surface area contributed by atoms with Crippen LogP contribution in [0.25, 0.3) is 10.8 Å². The molecular formula is C26H27NO6. The summed E-state index contributed by atoms with van der Waals surface area (Å²) in [7, 11) is 0. The number of hydrogen-bond acceptors (Lipinski definition) is 6. The summed E-state index contributed by atoms with van der Waals surface area (Å²) in [4.78, 5) is 23.7. The molecule has 0 saturated carbocycles. The van der Waals surface area contributed by atoms with Gasteiger partial charge in [-0.2, -0.15) is 0 Å². The molecule has 0 saturated heterocycles. The minimum atomic E-state index is -0.639. The molecule has 3 rings (SSSR count). The molecule has 1 amide bonds. The average Bonchev–Trinajstić information content (AvgIpc) is 2.82. The minimum absolute atomic E-state index is 0.0261. The van der Waals surface area contributed by atoms with Crippen molar-refractivity contribution < 1.29 is 28.5 Å². The van der Waals surface area contributed by atoms with Gasteiger partial charge in [0, 0.05) is 16.3 Å². The van der Waals surface area contributed by atoms with Crippen LogP contribution in [0, 0.1) is 6.92 Å². The molecule has 0 aliphatic rings. The van der Waals surface area contributed by atoms with Gasteiger partial charge in [0.15, 0.2) is 0 Å². The summed E-state index contributed by atoms with van der Waals surface area (Å²) in [5.41, 5.74) is 1.05. The number of amides is 1. The van der Waals surface area contributed by atoms with Crippen molar-refractivity contribution >= 4 is 22.8 Å². The molecule has 0 atom stereocenters. The second kappa shape index (κ2) is 11.6. The van der Waals surface area contributed by atoms with Gasteiger partial charge in [-0.25, -0.2) is 9.59 Å². The number of esters is 1. The molecule has 0 aliphatic heterocycles. The van der Waals surface area contributed by atoms with Crippen molar-refractivity contribution in [1.29, 1.82) is 0 Å². The standard InChI is InChI=1S/C26H27NO6/c1-18(2)25(28)32-14-13-27-26(29)33-24-19(3)17-23(21-11-7-8-12-22(21)24)31-16-15-30-20-9-5-4-6-10-20/h4-12,17H,1,13-16H2,2-3H3,(H,27,29). The third kappa shape index (κ3) is 6.74. The molecular weight excluding hydrogens is 422 g/mol. The van der Waals surface area contributed by atoms with Crippen LogP contribution < -0.4 is 19.5 Å². The maximum atomic E-state index is 12.3. The fraction of sp³-hybridized carbons (Fsp3) is 0.231. The molecule has 33 heavy (non-hydrogen) atoms. The highest BCUT2D eigenvalue weighted by Gasteiger charge is 2.15. The van der Waals surface area contributed by atoms with Gasteiger partial charge in [-0.3, -0.25) is 0 Å². The maximum Gasteiger partial charge on any atom is 0.412 e. The summed E-state index contributed by atoms with van der Waals surface area (Å²) < 4.78 is 22.2. The quantitative estimate of drug-likeness (QED) is 0.272. The number of ether oxygens (including phenoxy) is 4. The smallest absolute Gasteiger partial charge is 0.412 e. The van der Waals surface area contributed by atoms with Gasteiger partial charge in [-0.1, -0.05) is 49.0 Å². The van der Waals surface area contributed by atoms with E-state index in [0.29, 0.717) is 30.3 Å². The Bertz CT molecular complexity index is 1130. The Hall–Kier alpha value is -4.00. The molecule has 0 spiro atoms. The monoisotopic (exact) mass is 449 g/mol. The van der Waals surface area contributed by atoms with E-state index in [1.54, 1.807) is 6.92 Å². The summed E-state index contributed by atoms with van der Waals surface area (Å²) in [5.74, 6) is 1.40. The fourth-order valence-electron chi connectivity index (χ4n) is 3.08. The number of nitrogens with one attached hydrogen (secondary N) is 1. The first kappa shape index (κ1) is 23.7. The molecule has 172 valence electrons. The van der Waals surface area contributed by atoms with Crippen molar-refractivity contribution in [2.75, 3.05) is 26.4 Å². The zero-order chi connectivity index (χ0) is 23.6. The van der Waals surface area contributed by atoms with Crippen LogP contribution in [-0.2, 0) is 9.53 Å². The van der Waals surface area contributed by atoms with E-state index in [2.05, 4.69) is 11.9 Å². The Kier molecular flexibility index (Phi) is 8.30. The van der Waals surface area contributed by atoms with Crippen LogP contribution in [0.1, 0.15) is 12.5 Å². The Morgan fingerprint density at radius 2 is 1.58 bits per heavy atom. The SMILES string of the molecule is C=C(C)C(=O)OCCNC(=O)Oc1c(C)cc(OCCOc2ccccc2)c2ccccc12. The molecule has 0 aromatic heterocycles. The van der Waals surface area contributed by atoms with Crippen molar-refractivity contribution in [3.8, 4) is 17.2 Å². The van der Waals surface area contributed by atoms with E-state index in [1.165, 1.54) is 0 Å². The van der Waals surface area contributed by atoms with E-state index < -0.39 is 12.1 Å². The van der Waals surface area contributed by atoms with Gasteiger partial charge in [0.2, 0.25) is 0 Å². The number of carbonyl (C=O) groups is 2. The summed E-state index contributed by atoms with van der Waals surface area (Å²) >= 11 is 0. The maximum absolute atomic E-state index is 12.3. The zero-order valence-corrected chi connectivity index (χ0v) is 18.8. The van der Waals surface area contributed by atoms with Crippen LogP contribution in [0.2, 0.25) is 0 Å². The van der Waals surface area contributed by atoms with Crippen LogP contribution in [-0.4, -0.2) is 38.4 Å². The Labute approximate surface area is 192 Å². The molecule has 0 heterocycles. The summed E-state index contributed by atoms with van der Waals surface area (Å²) in [6.45, 7) is 7.81. The molecule has 7 nitrogen and oxygen atoms in total. The molecule has 0 unspecified atom stereocenters. The van der Waals surface area contributed by atoms with E-state index in [0.717, 1.165) is 22.1 Å². The van der Waals surface area contributed by atoms with E-state index >= 15 is 0 Å². The minimum Gasteiger partial charge on any atom is -0.490 e. The van der Waals surface area contributed by atoms with Gasteiger partial charge >= 0.3 is 12.1 Å². The lowest BCUT2D eigenvalue weighted by Gasteiger charge is -2.16. The predicted octanol–water partition coefficient (Wildman–Crippen LogP) is 4.81. The molecule has 3 aromatic rings. The first-order chi connectivity index (χ1) is 16.0. The van der Waals surface area contributed by atoms with Gasteiger partial charge < -0.3 is 24.3 Å². The highest BCUT2D eigenvalue weighted by Crippen LogP contribution is 2.36. The number of fused-ring (bicyclic) bond motifs is 1. The Balaban J connectivity index is 1.61. The number of benzene rings is 3. The predicted molar refractivity (Wildman–Crippen MR) is 126 cm³/mol. The van der Waals surface area contributed by atoms with Gasteiger partial charge in [0.25, 0.3) is 0 Å². The molecule has 0 aliphatic carbocycles. The van der Waals surface area contributed by atoms with Crippen LogP contribution in [0.4, 0.5) is 4.79 Å². The summed E-state index contributed by atoms with van der Waals surface area (Å²) in [5, 5.41) is 4.14. The van der Waals surface area contributed by atoms with Crippen molar-refractivity contribution in [3.05, 3.63) is 78.4 Å². The molecule has 0 radical (unpaired) electrons. The number of para-hydroxylation sites is 1. The second-order valence-electron chi connectivity index (χ2n) is 7.31. The van der Waals surface area contributed by atoms with Crippen molar-refractivity contribution in [1.82, 2.24) is 5.32 Å². The molecule has 7 heteroatoms. The largest absolute Gasteiger partial charge is 0.490 e. The number of hydrogen-bond donors (Lipinski definition) is 1. The highest BCUT2D eigenvalue weighted by molar-refractivity contribution is 5.96. The molecule has 0 fully saturated rings. The van der Waals surface area contributed by atoms with Crippen molar-refractivity contribution in [2.45, 2.75) is 13.8 Å². The fourth-order valence-corrected chi connectivity index (χ4v) is 3.08. The lowest BCUT2D eigenvalue weighted by molar-refractivity contribution is -0.138. The first-order valence-corrected chi connectivity index (χ1v) is 10.6. The third-order valence-corrected chi connectivity index (χ3v) is 4.64. The Morgan fingerprint density at radius 3 is 2.30 bits per heavy atom. The zero-order valence-electron chi connectivity index (χ0n) is 18.8.